The van der Waals surface area contributed by atoms with Crippen LogP contribution in [-0.4, -0.2) is 31.2 Å². The zero-order valence-electron chi connectivity index (χ0n) is 13.6. The first-order valence-electron chi connectivity index (χ1n) is 7.73. The van der Waals surface area contributed by atoms with Crippen LogP contribution in [0.3, 0.4) is 0 Å². The lowest BCUT2D eigenvalue weighted by atomic mass is 10.2. The quantitative estimate of drug-likeness (QED) is 0.488. The number of amides is 1. The van der Waals surface area contributed by atoms with Crippen molar-refractivity contribution in [2.45, 2.75) is 12.1 Å². The molecule has 0 saturated heterocycles. The number of anilines is 1. The molecule has 0 spiro atoms. The molecule has 0 bridgehead atoms. The summed E-state index contributed by atoms with van der Waals surface area (Å²) in [6.07, 6.45) is 0. The number of para-hydroxylation sites is 2. The van der Waals surface area contributed by atoms with E-state index in [2.05, 4.69) is 20.5 Å². The zero-order valence-corrected chi connectivity index (χ0v) is 15.9. The van der Waals surface area contributed by atoms with Crippen LogP contribution in [0.1, 0.15) is 5.56 Å². The Hall–Kier alpha value is -2.22. The molecule has 0 saturated carbocycles. The number of fused-ring (bicyclic) bond motifs is 3. The van der Waals surface area contributed by atoms with Gasteiger partial charge in [0.25, 0.3) is 0 Å². The molecule has 0 aliphatic heterocycles. The Bertz CT molecular complexity index is 1140. The summed E-state index contributed by atoms with van der Waals surface area (Å²) in [5.74, 6) is 0.580. The number of aromatic nitrogens is 4. The van der Waals surface area contributed by atoms with Gasteiger partial charge in [0.05, 0.1) is 32.5 Å². The van der Waals surface area contributed by atoms with E-state index in [1.54, 1.807) is 12.1 Å². The number of imidazole rings is 1. The Balaban J connectivity index is 1.54. The number of aryl methyl sites for hydroxylation is 1. The van der Waals surface area contributed by atoms with Crippen molar-refractivity contribution in [3.63, 3.8) is 0 Å². The number of thioether (sulfide) groups is 1. The molecule has 9 heteroatoms. The predicted octanol–water partition coefficient (Wildman–Crippen LogP) is 4.56. The molecule has 0 aliphatic carbocycles. The maximum Gasteiger partial charge on any atom is 0.234 e. The summed E-state index contributed by atoms with van der Waals surface area (Å²) in [7, 11) is 0. The van der Waals surface area contributed by atoms with Gasteiger partial charge in [0.2, 0.25) is 11.7 Å². The van der Waals surface area contributed by atoms with E-state index in [4.69, 9.17) is 23.2 Å². The first-order chi connectivity index (χ1) is 12.5. The van der Waals surface area contributed by atoms with E-state index >= 15 is 0 Å². The molecule has 4 rings (SSSR count). The van der Waals surface area contributed by atoms with E-state index in [-0.39, 0.29) is 11.7 Å². The number of hydrogen-bond acceptors (Lipinski definition) is 4. The van der Waals surface area contributed by atoms with Crippen molar-refractivity contribution in [3.8, 4) is 0 Å². The second-order valence-corrected chi connectivity index (χ2v) is 7.38. The average Bonchev–Trinajstić information content (AvgIpc) is 3.19. The fraction of sp³-hybridized carbons (Fsp3) is 0.118. The molecule has 0 aliphatic rings. The first kappa shape index (κ1) is 17.2. The van der Waals surface area contributed by atoms with Crippen molar-refractivity contribution >= 4 is 63.4 Å². The number of nitrogens with one attached hydrogen (secondary N) is 2. The van der Waals surface area contributed by atoms with Crippen molar-refractivity contribution in [3.05, 3.63) is 52.0 Å². The number of carbonyl (C=O) groups is 1. The smallest absolute Gasteiger partial charge is 0.234 e. The first-order valence-corrected chi connectivity index (χ1v) is 9.47. The van der Waals surface area contributed by atoms with Crippen LogP contribution in [-0.2, 0) is 4.79 Å². The van der Waals surface area contributed by atoms with E-state index in [1.807, 2.05) is 35.6 Å². The highest BCUT2D eigenvalue weighted by Gasteiger charge is 2.15. The van der Waals surface area contributed by atoms with Crippen LogP contribution >= 0.6 is 35.0 Å². The summed E-state index contributed by atoms with van der Waals surface area (Å²) >= 11 is 13.7. The van der Waals surface area contributed by atoms with Gasteiger partial charge >= 0.3 is 0 Å². The summed E-state index contributed by atoms with van der Waals surface area (Å²) in [5, 5.41) is 11.4. The Morgan fingerprint density at radius 3 is 2.92 bits per heavy atom. The van der Waals surface area contributed by atoms with E-state index in [9.17, 15) is 4.79 Å². The second-order valence-electron chi connectivity index (χ2n) is 5.66. The third-order valence-corrected chi connectivity index (χ3v) is 5.63. The fourth-order valence-electron chi connectivity index (χ4n) is 2.62. The number of H-pyrrole nitrogens is 1. The number of nitrogens with zero attached hydrogens (tertiary/aromatic N) is 3. The van der Waals surface area contributed by atoms with Crippen LogP contribution in [0.15, 0.2) is 41.6 Å². The molecular weight excluding hydrogens is 393 g/mol. The van der Waals surface area contributed by atoms with E-state index in [1.165, 1.54) is 11.8 Å². The lowest BCUT2D eigenvalue weighted by Gasteiger charge is -2.10. The molecule has 132 valence electrons. The lowest BCUT2D eigenvalue weighted by molar-refractivity contribution is -0.113. The number of benzene rings is 2. The molecule has 4 aromatic rings. The maximum absolute atomic E-state index is 12.3. The molecule has 0 atom stereocenters. The van der Waals surface area contributed by atoms with Crippen LogP contribution in [0.5, 0.6) is 0 Å². The van der Waals surface area contributed by atoms with Crippen LogP contribution in [0.25, 0.3) is 16.8 Å². The normalized spacial score (nSPS) is 11.3. The Labute approximate surface area is 162 Å². The number of carbonyl (C=O) groups excluding carboxylic acids is 1. The Kier molecular flexibility index (Phi) is 4.52. The highest BCUT2D eigenvalue weighted by molar-refractivity contribution is 7.99. The second kappa shape index (κ2) is 6.83. The van der Waals surface area contributed by atoms with Gasteiger partial charge in [-0.05, 0) is 30.7 Å². The molecule has 2 heterocycles. The molecule has 2 N–H and O–H groups in total. The van der Waals surface area contributed by atoms with Crippen molar-refractivity contribution < 1.29 is 4.79 Å². The van der Waals surface area contributed by atoms with Crippen LogP contribution in [0, 0.1) is 6.92 Å². The molecule has 2 aromatic heterocycles. The van der Waals surface area contributed by atoms with Gasteiger partial charge in [0.15, 0.2) is 5.16 Å². The Morgan fingerprint density at radius 1 is 1.27 bits per heavy atom. The molecule has 0 fully saturated rings. The van der Waals surface area contributed by atoms with E-state index in [0.717, 1.165) is 16.6 Å². The van der Waals surface area contributed by atoms with E-state index in [0.29, 0.717) is 26.7 Å². The standard InChI is InChI=1S/C17H13Cl2N5OS/c1-9-6-7-10(18)15(14(9)19)21-13(25)8-26-17-23-22-16-20-11-4-2-3-5-12(11)24(16)17/h2-7H,8H2,1H3,(H,20,22)(H,21,25). The largest absolute Gasteiger partial charge is 0.323 e. The number of aromatic amines is 1. The topological polar surface area (TPSA) is 75.1 Å². The van der Waals surface area contributed by atoms with Gasteiger partial charge in [-0.15, -0.1) is 5.10 Å². The molecule has 2 aromatic carbocycles. The van der Waals surface area contributed by atoms with Crippen LogP contribution in [0.4, 0.5) is 5.69 Å². The number of rotatable bonds is 4. The Morgan fingerprint density at radius 2 is 2.08 bits per heavy atom. The minimum absolute atomic E-state index is 0.160. The van der Waals surface area contributed by atoms with Crippen molar-refractivity contribution in [2.24, 2.45) is 0 Å². The SMILES string of the molecule is Cc1ccc(Cl)c(NC(=O)CSc2n[nH]c3nc4ccccc4n23)c1Cl. The van der Waals surface area contributed by atoms with Crippen molar-refractivity contribution in [1.29, 1.82) is 0 Å². The molecular formula is C17H13Cl2N5OS. The van der Waals surface area contributed by atoms with Crippen LogP contribution in [0.2, 0.25) is 10.0 Å². The van der Waals surface area contributed by atoms with Crippen LogP contribution < -0.4 is 5.32 Å². The summed E-state index contributed by atoms with van der Waals surface area (Å²) < 4.78 is 1.89. The van der Waals surface area contributed by atoms with E-state index < -0.39 is 0 Å². The van der Waals surface area contributed by atoms with Gasteiger partial charge in [-0.2, -0.15) is 0 Å². The van der Waals surface area contributed by atoms with Crippen molar-refractivity contribution in [2.75, 3.05) is 11.1 Å². The molecule has 0 radical (unpaired) electrons. The summed E-state index contributed by atoms with van der Waals surface area (Å²) in [4.78, 5) is 16.8. The third kappa shape index (κ3) is 3.02. The number of hydrogen-bond donors (Lipinski definition) is 2. The predicted molar refractivity (Wildman–Crippen MR) is 105 cm³/mol. The highest BCUT2D eigenvalue weighted by Crippen LogP contribution is 2.33. The summed E-state index contributed by atoms with van der Waals surface area (Å²) in [6, 6.07) is 11.3. The van der Waals surface area contributed by atoms with Gasteiger partial charge in [0.1, 0.15) is 0 Å². The molecule has 26 heavy (non-hydrogen) atoms. The molecule has 0 unspecified atom stereocenters. The van der Waals surface area contributed by atoms with Gasteiger partial charge < -0.3 is 5.32 Å². The summed E-state index contributed by atoms with van der Waals surface area (Å²) in [5.41, 5.74) is 3.08. The zero-order chi connectivity index (χ0) is 18.3. The van der Waals surface area contributed by atoms with Crippen molar-refractivity contribution in [1.82, 2.24) is 19.6 Å². The minimum atomic E-state index is -0.218. The number of halogens is 2. The minimum Gasteiger partial charge on any atom is -0.323 e. The van der Waals surface area contributed by atoms with Gasteiger partial charge in [-0.3, -0.25) is 9.20 Å². The fourth-order valence-corrected chi connectivity index (χ4v) is 3.84. The lowest BCUT2D eigenvalue weighted by Crippen LogP contribution is -2.15. The monoisotopic (exact) mass is 405 g/mol. The summed E-state index contributed by atoms with van der Waals surface area (Å²) in [6.45, 7) is 1.85. The van der Waals surface area contributed by atoms with Gasteiger partial charge in [-0.25, -0.2) is 10.1 Å². The average molecular weight is 406 g/mol. The highest BCUT2D eigenvalue weighted by atomic mass is 35.5. The van der Waals surface area contributed by atoms with Gasteiger partial charge in [0, 0.05) is 0 Å². The maximum atomic E-state index is 12.3. The van der Waals surface area contributed by atoms with Gasteiger partial charge in [-0.1, -0.05) is 53.2 Å². The molecule has 1 amide bonds. The molecule has 6 nitrogen and oxygen atoms in total. The third-order valence-electron chi connectivity index (χ3n) is 3.88.